The molecule has 0 bridgehead atoms. The zero-order valence-electron chi connectivity index (χ0n) is 13.6. The number of carbonyl (C=O) groups excluding carboxylic acids is 3. The molecule has 4 amide bonds. The van der Waals surface area contributed by atoms with Crippen LogP contribution in [-0.2, 0) is 23.2 Å². The van der Waals surface area contributed by atoms with Gasteiger partial charge in [-0.3, -0.25) is 19.8 Å². The van der Waals surface area contributed by atoms with Crippen molar-refractivity contribution in [3.63, 3.8) is 0 Å². The number of barbiturate groups is 1. The standard InChI is InChI=1S/C17H17N3O4/c1-10-7-12(11(2)19(10)3)8-14-15(21)18-17(23)20(16(14)22)9-13-5-4-6-24-13/h4-8H,9H2,1-3H3,(H,18,21,23)/b14-8+. The molecule has 0 aromatic carbocycles. The van der Waals surface area contributed by atoms with Crippen molar-refractivity contribution in [2.45, 2.75) is 20.4 Å². The highest BCUT2D eigenvalue weighted by atomic mass is 16.3. The largest absolute Gasteiger partial charge is 0.467 e. The average Bonchev–Trinajstić information content (AvgIpc) is 3.13. The van der Waals surface area contributed by atoms with Gasteiger partial charge >= 0.3 is 6.03 Å². The molecule has 2 aromatic heterocycles. The van der Waals surface area contributed by atoms with E-state index in [1.807, 2.05) is 31.5 Å². The van der Waals surface area contributed by atoms with Crippen LogP contribution < -0.4 is 5.32 Å². The van der Waals surface area contributed by atoms with E-state index in [-0.39, 0.29) is 12.1 Å². The molecule has 1 saturated heterocycles. The van der Waals surface area contributed by atoms with Crippen LogP contribution in [0.1, 0.15) is 22.7 Å². The third-order valence-corrected chi connectivity index (χ3v) is 4.19. The average molecular weight is 327 g/mol. The van der Waals surface area contributed by atoms with Crippen LogP contribution in [0.2, 0.25) is 0 Å². The van der Waals surface area contributed by atoms with E-state index in [1.54, 1.807) is 12.1 Å². The van der Waals surface area contributed by atoms with Crippen LogP contribution in [-0.4, -0.2) is 27.3 Å². The monoisotopic (exact) mass is 327 g/mol. The lowest BCUT2D eigenvalue weighted by atomic mass is 10.1. The zero-order valence-corrected chi connectivity index (χ0v) is 13.6. The Bertz CT molecular complexity index is 859. The zero-order chi connectivity index (χ0) is 17.4. The lowest BCUT2D eigenvalue weighted by Crippen LogP contribution is -2.53. The molecular formula is C17H17N3O4. The second kappa shape index (κ2) is 5.84. The van der Waals surface area contributed by atoms with Gasteiger partial charge in [-0.1, -0.05) is 0 Å². The summed E-state index contributed by atoms with van der Waals surface area (Å²) in [6.45, 7) is 3.80. The van der Waals surface area contributed by atoms with Crippen molar-refractivity contribution in [2.75, 3.05) is 0 Å². The van der Waals surface area contributed by atoms with Crippen molar-refractivity contribution >= 4 is 23.9 Å². The maximum atomic E-state index is 12.6. The molecule has 1 N–H and O–H groups in total. The third-order valence-electron chi connectivity index (χ3n) is 4.19. The Kier molecular flexibility index (Phi) is 3.84. The first-order valence-electron chi connectivity index (χ1n) is 7.42. The summed E-state index contributed by atoms with van der Waals surface area (Å²) in [5, 5.41) is 2.19. The number of furan rings is 1. The Morgan fingerprint density at radius 3 is 2.58 bits per heavy atom. The van der Waals surface area contributed by atoms with Crippen LogP contribution in [0.3, 0.4) is 0 Å². The maximum Gasteiger partial charge on any atom is 0.331 e. The van der Waals surface area contributed by atoms with Crippen molar-refractivity contribution in [1.82, 2.24) is 14.8 Å². The number of urea groups is 1. The molecule has 7 heteroatoms. The number of nitrogens with one attached hydrogen (secondary N) is 1. The Morgan fingerprint density at radius 1 is 1.25 bits per heavy atom. The van der Waals surface area contributed by atoms with Crippen LogP contribution in [0.25, 0.3) is 6.08 Å². The lowest BCUT2D eigenvalue weighted by molar-refractivity contribution is -0.130. The van der Waals surface area contributed by atoms with Gasteiger partial charge in [0.15, 0.2) is 0 Å². The lowest BCUT2D eigenvalue weighted by Gasteiger charge is -2.25. The van der Waals surface area contributed by atoms with Gasteiger partial charge in [-0.25, -0.2) is 4.79 Å². The van der Waals surface area contributed by atoms with E-state index in [0.29, 0.717) is 5.76 Å². The van der Waals surface area contributed by atoms with E-state index in [9.17, 15) is 14.4 Å². The van der Waals surface area contributed by atoms with Gasteiger partial charge in [0.1, 0.15) is 11.3 Å². The molecule has 2 aromatic rings. The van der Waals surface area contributed by atoms with Gasteiger partial charge < -0.3 is 8.98 Å². The van der Waals surface area contributed by atoms with Crippen molar-refractivity contribution in [3.05, 3.63) is 52.7 Å². The van der Waals surface area contributed by atoms with E-state index in [4.69, 9.17) is 4.42 Å². The van der Waals surface area contributed by atoms with Crippen molar-refractivity contribution in [2.24, 2.45) is 7.05 Å². The van der Waals surface area contributed by atoms with E-state index in [0.717, 1.165) is 21.9 Å². The van der Waals surface area contributed by atoms with Gasteiger partial charge in [-0.15, -0.1) is 0 Å². The normalized spacial score (nSPS) is 16.9. The Labute approximate surface area is 138 Å². The molecular weight excluding hydrogens is 310 g/mol. The summed E-state index contributed by atoms with van der Waals surface area (Å²) in [5.74, 6) is -0.874. The van der Waals surface area contributed by atoms with Gasteiger partial charge in [-0.05, 0) is 43.7 Å². The van der Waals surface area contributed by atoms with Crippen LogP contribution in [0.4, 0.5) is 4.79 Å². The van der Waals surface area contributed by atoms with Crippen molar-refractivity contribution < 1.29 is 18.8 Å². The minimum Gasteiger partial charge on any atom is -0.467 e. The van der Waals surface area contributed by atoms with E-state index < -0.39 is 17.8 Å². The second-order valence-electron chi connectivity index (χ2n) is 5.67. The number of imide groups is 2. The Hall–Kier alpha value is -3.09. The quantitative estimate of drug-likeness (QED) is 0.689. The van der Waals surface area contributed by atoms with Crippen LogP contribution in [0.5, 0.6) is 0 Å². The van der Waals surface area contributed by atoms with Gasteiger partial charge in [0.2, 0.25) is 0 Å². The van der Waals surface area contributed by atoms with Crippen LogP contribution in [0, 0.1) is 13.8 Å². The van der Waals surface area contributed by atoms with E-state index >= 15 is 0 Å². The highest BCUT2D eigenvalue weighted by Gasteiger charge is 2.36. The van der Waals surface area contributed by atoms with Crippen LogP contribution in [0.15, 0.2) is 34.5 Å². The van der Waals surface area contributed by atoms with E-state index in [1.165, 1.54) is 12.3 Å². The number of nitrogens with zero attached hydrogens (tertiary/aromatic N) is 2. The number of hydrogen-bond acceptors (Lipinski definition) is 4. The highest BCUT2D eigenvalue weighted by Crippen LogP contribution is 2.20. The van der Waals surface area contributed by atoms with Gasteiger partial charge in [0.25, 0.3) is 11.8 Å². The fraction of sp³-hybridized carbons (Fsp3) is 0.235. The molecule has 1 fully saturated rings. The van der Waals surface area contributed by atoms with Crippen molar-refractivity contribution in [3.8, 4) is 0 Å². The molecule has 24 heavy (non-hydrogen) atoms. The molecule has 3 heterocycles. The van der Waals surface area contributed by atoms with E-state index in [2.05, 4.69) is 5.32 Å². The predicted octanol–water partition coefficient (Wildman–Crippen LogP) is 1.90. The number of aromatic nitrogens is 1. The van der Waals surface area contributed by atoms with Gasteiger partial charge in [-0.2, -0.15) is 0 Å². The van der Waals surface area contributed by atoms with Gasteiger partial charge in [0, 0.05) is 18.4 Å². The SMILES string of the molecule is Cc1cc(/C=C2\C(=O)NC(=O)N(Cc3ccco3)C2=O)c(C)n1C. The number of carbonyl (C=O) groups is 3. The number of hydrogen-bond donors (Lipinski definition) is 1. The summed E-state index contributed by atoms with van der Waals surface area (Å²) in [4.78, 5) is 37.6. The third kappa shape index (κ3) is 2.64. The molecule has 0 radical (unpaired) electrons. The summed E-state index contributed by atoms with van der Waals surface area (Å²) in [6, 6.07) is 4.46. The molecule has 0 unspecified atom stereocenters. The second-order valence-corrected chi connectivity index (χ2v) is 5.67. The summed E-state index contributed by atoms with van der Waals surface area (Å²) in [7, 11) is 1.90. The summed E-state index contributed by atoms with van der Waals surface area (Å²) >= 11 is 0. The van der Waals surface area contributed by atoms with Gasteiger partial charge in [0.05, 0.1) is 12.8 Å². The fourth-order valence-corrected chi connectivity index (χ4v) is 2.58. The maximum absolute atomic E-state index is 12.6. The summed E-state index contributed by atoms with van der Waals surface area (Å²) in [5.41, 5.74) is 2.62. The minimum atomic E-state index is -0.750. The number of rotatable bonds is 3. The molecule has 3 rings (SSSR count). The first-order valence-corrected chi connectivity index (χ1v) is 7.42. The molecule has 0 spiro atoms. The fourth-order valence-electron chi connectivity index (χ4n) is 2.58. The molecule has 124 valence electrons. The predicted molar refractivity (Wildman–Crippen MR) is 85.7 cm³/mol. The number of amides is 4. The smallest absolute Gasteiger partial charge is 0.331 e. The molecule has 0 aliphatic carbocycles. The molecule has 0 saturated carbocycles. The highest BCUT2D eigenvalue weighted by molar-refractivity contribution is 6.30. The Balaban J connectivity index is 1.96. The topological polar surface area (TPSA) is 84.6 Å². The minimum absolute atomic E-state index is 0.0327. The van der Waals surface area contributed by atoms with Crippen molar-refractivity contribution in [1.29, 1.82) is 0 Å². The summed E-state index contributed by atoms with van der Waals surface area (Å²) < 4.78 is 7.13. The molecule has 1 aliphatic rings. The number of aryl methyl sites for hydroxylation is 1. The molecule has 0 atom stereocenters. The Morgan fingerprint density at radius 2 is 2.00 bits per heavy atom. The van der Waals surface area contributed by atoms with Crippen LogP contribution >= 0.6 is 0 Å². The first kappa shape index (κ1) is 15.8. The first-order chi connectivity index (χ1) is 11.4. The molecule has 1 aliphatic heterocycles. The molecule has 7 nitrogen and oxygen atoms in total. The summed E-state index contributed by atoms with van der Waals surface area (Å²) in [6.07, 6.45) is 2.97.